The molecule has 0 saturated carbocycles. The lowest BCUT2D eigenvalue weighted by Gasteiger charge is -2.30. The van der Waals surface area contributed by atoms with Gasteiger partial charge in [0.05, 0.1) is 5.69 Å². The van der Waals surface area contributed by atoms with Crippen molar-refractivity contribution in [2.75, 3.05) is 4.90 Å². The molecule has 0 amide bonds. The zero-order valence-corrected chi connectivity index (χ0v) is 35.6. The van der Waals surface area contributed by atoms with E-state index in [0.717, 1.165) is 39.0 Å². The first-order valence-corrected chi connectivity index (χ1v) is 20.9. The molecule has 58 heavy (non-hydrogen) atoms. The lowest BCUT2D eigenvalue weighted by atomic mass is 9.78. The Bertz CT molecular complexity index is 2840. The third-order valence-electron chi connectivity index (χ3n) is 13.4. The number of fused-ring (bicyclic) bond motifs is 9. The number of benzene rings is 7. The molecule has 0 N–H and O–H groups in total. The van der Waals surface area contributed by atoms with E-state index >= 15 is 0 Å². The number of nitrogens with zero attached hydrogens (tertiary/aromatic N) is 1. The van der Waals surface area contributed by atoms with Gasteiger partial charge >= 0.3 is 0 Å². The van der Waals surface area contributed by atoms with Crippen molar-refractivity contribution in [3.8, 4) is 33.4 Å². The molecule has 0 spiro atoms. The minimum absolute atomic E-state index is 0.00760. The van der Waals surface area contributed by atoms with E-state index in [1.165, 1.54) is 66.8 Å². The van der Waals surface area contributed by atoms with Crippen LogP contribution in [-0.2, 0) is 21.7 Å². The SMILES string of the molecule is CC(C)(C)c1cc(-c2ccc(N(c3ccc4c(c3)C(C)(C)c3ccccc3-4)c3ccc4c(c3)C(C)(C)c3ccccc3-4)c3oc4ccccc4c23)cc(C(C)(C)C)c1. The average Bonchev–Trinajstić information content (AvgIpc) is 3.78. The molecule has 0 unspecified atom stereocenters. The quantitative estimate of drug-likeness (QED) is 0.178. The number of furan rings is 1. The zero-order valence-electron chi connectivity index (χ0n) is 35.6. The number of para-hydroxylation sites is 1. The van der Waals surface area contributed by atoms with Gasteiger partial charge in [0.15, 0.2) is 5.58 Å². The van der Waals surface area contributed by atoms with Gasteiger partial charge in [-0.15, -0.1) is 0 Å². The first-order valence-electron chi connectivity index (χ1n) is 20.9. The lowest BCUT2D eigenvalue weighted by Crippen LogP contribution is -2.18. The summed E-state index contributed by atoms with van der Waals surface area (Å²) in [5.74, 6) is 0. The van der Waals surface area contributed by atoms with Crippen LogP contribution >= 0.6 is 0 Å². The fourth-order valence-electron chi connectivity index (χ4n) is 9.97. The highest BCUT2D eigenvalue weighted by Gasteiger charge is 2.38. The van der Waals surface area contributed by atoms with E-state index in [-0.39, 0.29) is 21.7 Å². The van der Waals surface area contributed by atoms with Crippen molar-refractivity contribution in [2.24, 2.45) is 0 Å². The van der Waals surface area contributed by atoms with Crippen LogP contribution in [0.4, 0.5) is 17.1 Å². The van der Waals surface area contributed by atoms with Gasteiger partial charge in [-0.3, -0.25) is 0 Å². The molecule has 0 bridgehead atoms. The molecule has 7 aromatic carbocycles. The maximum atomic E-state index is 7.09. The number of rotatable bonds is 4. The lowest BCUT2D eigenvalue weighted by molar-refractivity contribution is 0.569. The minimum atomic E-state index is -0.142. The Labute approximate surface area is 344 Å². The largest absolute Gasteiger partial charge is 0.454 e. The van der Waals surface area contributed by atoms with Crippen LogP contribution in [0, 0.1) is 0 Å². The second-order valence-electron chi connectivity index (χ2n) is 19.9. The standard InChI is InChI=1S/C56H53NO/c1-53(2,3)35-29-34(30-36(31-35)54(4,5)6)39-27-28-49(52-51(39)44-19-13-16-22-50(44)58-52)57(37-23-25-42-40-17-11-14-20-45(40)55(7,8)47(42)32-37)38-24-26-43-41-18-12-15-21-46(41)56(9,10)48(43)33-38/h11-33H,1-10H3. The molecule has 1 aromatic heterocycles. The van der Waals surface area contributed by atoms with Gasteiger partial charge < -0.3 is 9.32 Å². The van der Waals surface area contributed by atoms with Crippen LogP contribution in [0.2, 0.25) is 0 Å². The Balaban J connectivity index is 1.25. The van der Waals surface area contributed by atoms with Gasteiger partial charge in [-0.2, -0.15) is 0 Å². The van der Waals surface area contributed by atoms with E-state index in [1.807, 2.05) is 0 Å². The first kappa shape index (κ1) is 36.5. The van der Waals surface area contributed by atoms with Gasteiger partial charge in [0.25, 0.3) is 0 Å². The maximum absolute atomic E-state index is 7.09. The summed E-state index contributed by atoms with van der Waals surface area (Å²) in [5.41, 5.74) is 20.6. The Morgan fingerprint density at radius 3 is 1.45 bits per heavy atom. The van der Waals surface area contributed by atoms with Crippen molar-refractivity contribution in [1.82, 2.24) is 0 Å². The summed E-state index contributed by atoms with van der Waals surface area (Å²) in [6.45, 7) is 23.4. The Morgan fingerprint density at radius 2 is 0.914 bits per heavy atom. The second kappa shape index (κ2) is 12.3. The van der Waals surface area contributed by atoms with Gasteiger partial charge in [-0.1, -0.05) is 172 Å². The van der Waals surface area contributed by atoms with Crippen molar-refractivity contribution in [3.05, 3.63) is 173 Å². The van der Waals surface area contributed by atoms with Crippen LogP contribution in [0.5, 0.6) is 0 Å². The predicted octanol–water partition coefficient (Wildman–Crippen LogP) is 15.9. The molecular weight excluding hydrogens is 703 g/mol. The van der Waals surface area contributed by atoms with E-state index in [9.17, 15) is 0 Å². The molecule has 288 valence electrons. The molecule has 0 aliphatic heterocycles. The van der Waals surface area contributed by atoms with E-state index in [1.54, 1.807) is 0 Å². The average molecular weight is 756 g/mol. The number of anilines is 3. The first-order chi connectivity index (χ1) is 27.5. The number of hydrogen-bond acceptors (Lipinski definition) is 2. The third kappa shape index (κ3) is 5.37. The van der Waals surface area contributed by atoms with Gasteiger partial charge in [-0.25, -0.2) is 0 Å². The van der Waals surface area contributed by atoms with E-state index < -0.39 is 0 Å². The summed E-state index contributed by atoms with van der Waals surface area (Å²) in [4.78, 5) is 2.46. The van der Waals surface area contributed by atoms with Crippen molar-refractivity contribution in [3.63, 3.8) is 0 Å². The van der Waals surface area contributed by atoms with Crippen molar-refractivity contribution < 1.29 is 4.42 Å². The third-order valence-corrected chi connectivity index (χ3v) is 13.4. The molecule has 2 aliphatic carbocycles. The highest BCUT2D eigenvalue weighted by Crippen LogP contribution is 2.54. The van der Waals surface area contributed by atoms with Crippen LogP contribution in [0.25, 0.3) is 55.3 Å². The van der Waals surface area contributed by atoms with Crippen LogP contribution < -0.4 is 4.90 Å². The molecule has 0 atom stereocenters. The van der Waals surface area contributed by atoms with Crippen molar-refractivity contribution in [1.29, 1.82) is 0 Å². The van der Waals surface area contributed by atoms with Crippen LogP contribution in [0.3, 0.4) is 0 Å². The minimum Gasteiger partial charge on any atom is -0.454 e. The zero-order chi connectivity index (χ0) is 40.5. The van der Waals surface area contributed by atoms with Gasteiger partial charge in [0.2, 0.25) is 0 Å². The summed E-state index contributed by atoms with van der Waals surface area (Å²) in [5, 5.41) is 2.27. The highest BCUT2D eigenvalue weighted by atomic mass is 16.3. The van der Waals surface area contributed by atoms with E-state index in [4.69, 9.17) is 4.42 Å². The normalized spacial score (nSPS) is 15.0. The monoisotopic (exact) mass is 755 g/mol. The van der Waals surface area contributed by atoms with Crippen LogP contribution in [0.15, 0.2) is 144 Å². The molecule has 0 fully saturated rings. The van der Waals surface area contributed by atoms with Gasteiger partial charge in [0, 0.05) is 33.0 Å². The second-order valence-corrected chi connectivity index (χ2v) is 19.9. The molecule has 1 heterocycles. The smallest absolute Gasteiger partial charge is 0.160 e. The molecule has 2 aliphatic rings. The van der Waals surface area contributed by atoms with Crippen molar-refractivity contribution in [2.45, 2.75) is 90.9 Å². The molecule has 0 radical (unpaired) electrons. The number of hydrogen-bond donors (Lipinski definition) is 0. The topological polar surface area (TPSA) is 16.4 Å². The fraction of sp³-hybridized carbons (Fsp3) is 0.250. The fourth-order valence-corrected chi connectivity index (χ4v) is 9.97. The Hall–Kier alpha value is -5.86. The highest BCUT2D eigenvalue weighted by molar-refractivity contribution is 6.17. The molecular formula is C56H53NO. The molecule has 8 aromatic rings. The predicted molar refractivity (Wildman–Crippen MR) is 246 cm³/mol. The van der Waals surface area contributed by atoms with Crippen LogP contribution in [-0.4, -0.2) is 0 Å². The van der Waals surface area contributed by atoms with Crippen LogP contribution in [0.1, 0.15) is 103 Å². The van der Waals surface area contributed by atoms with Gasteiger partial charge in [0.1, 0.15) is 5.58 Å². The van der Waals surface area contributed by atoms with E-state index in [0.29, 0.717) is 0 Å². The Morgan fingerprint density at radius 1 is 0.448 bits per heavy atom. The summed E-state index contributed by atoms with van der Waals surface area (Å²) in [6.07, 6.45) is 0. The van der Waals surface area contributed by atoms with Gasteiger partial charge in [-0.05, 0) is 114 Å². The molecule has 2 heteroatoms. The van der Waals surface area contributed by atoms with Crippen molar-refractivity contribution >= 4 is 39.0 Å². The molecule has 2 nitrogen and oxygen atoms in total. The Kier molecular flexibility index (Phi) is 7.75. The summed E-state index contributed by atoms with van der Waals surface area (Å²) in [6, 6.07) is 52.4. The molecule has 10 rings (SSSR count). The summed E-state index contributed by atoms with van der Waals surface area (Å²) < 4.78 is 7.09. The maximum Gasteiger partial charge on any atom is 0.160 e. The molecule has 0 saturated heterocycles. The summed E-state index contributed by atoms with van der Waals surface area (Å²) >= 11 is 0. The van der Waals surface area contributed by atoms with E-state index in [2.05, 4.69) is 214 Å². The summed E-state index contributed by atoms with van der Waals surface area (Å²) in [7, 11) is 0.